The molecule has 0 radical (unpaired) electrons. The maximum atomic E-state index is 2.76. The van der Waals surface area contributed by atoms with Crippen LogP contribution in [0.15, 0.2) is 188 Å². The molecule has 0 fully saturated rings. The topological polar surface area (TPSA) is 9.72 Å². The van der Waals surface area contributed by atoms with Crippen molar-refractivity contribution in [2.75, 3.05) is 14.7 Å². The van der Waals surface area contributed by atoms with E-state index in [1.807, 2.05) is 0 Å². The first-order chi connectivity index (χ1) is 37.3. The van der Waals surface area contributed by atoms with Crippen LogP contribution in [0.25, 0.3) is 22.3 Å². The number of fused-ring (bicyclic) bond motifs is 10. The largest absolute Gasteiger partial charge is 0.330 e. The molecule has 0 amide bonds. The lowest BCUT2D eigenvalue weighted by Crippen LogP contribution is -2.61. The minimum Gasteiger partial charge on any atom is -0.330 e. The van der Waals surface area contributed by atoms with Crippen molar-refractivity contribution in [1.82, 2.24) is 0 Å². The SMILES string of the molecule is Cc1cc2c3c(c1)N(c1ccc(C(C)(C)C)cc1-c1ccccc1)c1cc4c(cc1B3c1cc(N3c5ccccc5C5(C)CCc6ccccc6C35C)ccc1N2c1ccc(C(C)(C)C)cc1-c1ccccc1)CC(C)(C)C4. The van der Waals surface area contributed by atoms with Gasteiger partial charge in [0.25, 0.3) is 6.71 Å². The van der Waals surface area contributed by atoms with Crippen LogP contribution in [0.5, 0.6) is 0 Å². The monoisotopic (exact) mass is 1010 g/mol. The van der Waals surface area contributed by atoms with Gasteiger partial charge in [-0.3, -0.25) is 0 Å². The number of anilines is 8. The van der Waals surface area contributed by atoms with Crippen LogP contribution in [-0.2, 0) is 41.0 Å². The molecule has 0 aromatic heterocycles. The molecule has 5 aliphatic rings. The smallest absolute Gasteiger partial charge is 0.252 e. The van der Waals surface area contributed by atoms with E-state index < -0.39 is 0 Å². The number of hydrogen-bond acceptors (Lipinski definition) is 3. The molecule has 3 aliphatic heterocycles. The van der Waals surface area contributed by atoms with Crippen molar-refractivity contribution in [3.8, 4) is 22.3 Å². The summed E-state index contributed by atoms with van der Waals surface area (Å²) >= 11 is 0. The summed E-state index contributed by atoms with van der Waals surface area (Å²) in [7, 11) is 0. The van der Waals surface area contributed by atoms with Gasteiger partial charge >= 0.3 is 0 Å². The van der Waals surface area contributed by atoms with E-state index in [4.69, 9.17) is 0 Å². The second kappa shape index (κ2) is 17.0. The van der Waals surface area contributed by atoms with Crippen LogP contribution in [-0.4, -0.2) is 6.71 Å². The molecule has 2 atom stereocenters. The normalized spacial score (nSPS) is 19.4. The van der Waals surface area contributed by atoms with E-state index in [0.717, 1.165) is 25.7 Å². The van der Waals surface area contributed by atoms with Crippen LogP contribution in [0.3, 0.4) is 0 Å². The van der Waals surface area contributed by atoms with Gasteiger partial charge in [0, 0.05) is 50.7 Å². The van der Waals surface area contributed by atoms with Gasteiger partial charge in [0.1, 0.15) is 0 Å². The van der Waals surface area contributed by atoms with Crippen LogP contribution in [0.4, 0.5) is 45.5 Å². The van der Waals surface area contributed by atoms with Crippen molar-refractivity contribution in [2.24, 2.45) is 5.41 Å². The van der Waals surface area contributed by atoms with Crippen molar-refractivity contribution in [3.05, 3.63) is 233 Å². The third-order valence-corrected chi connectivity index (χ3v) is 19.2. The maximum absolute atomic E-state index is 2.76. The number of benzene rings is 9. The molecule has 0 saturated heterocycles. The Labute approximate surface area is 464 Å². The Morgan fingerprint density at radius 3 is 1.55 bits per heavy atom. The highest BCUT2D eigenvalue weighted by atomic mass is 15.3. The summed E-state index contributed by atoms with van der Waals surface area (Å²) in [6.45, 7) is 26.3. The molecule has 0 N–H and O–H groups in total. The predicted molar refractivity (Wildman–Crippen MR) is 333 cm³/mol. The first-order valence-corrected chi connectivity index (χ1v) is 28.7. The molecule has 2 unspecified atom stereocenters. The molecule has 78 heavy (non-hydrogen) atoms. The third kappa shape index (κ3) is 7.17. The van der Waals surface area contributed by atoms with E-state index in [0.29, 0.717) is 0 Å². The Bertz CT molecular complexity index is 3930. The molecule has 0 spiro atoms. The second-order valence-corrected chi connectivity index (χ2v) is 26.9. The molecule has 3 nitrogen and oxygen atoms in total. The van der Waals surface area contributed by atoms with Gasteiger partial charge in [-0.05, 0) is 195 Å². The lowest BCUT2D eigenvalue weighted by atomic mass is 9.33. The predicted octanol–water partition coefficient (Wildman–Crippen LogP) is 17.4. The summed E-state index contributed by atoms with van der Waals surface area (Å²) in [4.78, 5) is 8.11. The van der Waals surface area contributed by atoms with Crippen LogP contribution in [0, 0.1) is 12.3 Å². The Balaban J connectivity index is 1.10. The molecular formula is C74H72BN3. The molecule has 2 aliphatic carbocycles. The minimum absolute atomic E-state index is 0.0349. The van der Waals surface area contributed by atoms with Crippen LogP contribution in [0.2, 0.25) is 0 Å². The van der Waals surface area contributed by atoms with Gasteiger partial charge in [-0.25, -0.2) is 0 Å². The molecule has 3 heterocycles. The van der Waals surface area contributed by atoms with E-state index in [1.54, 1.807) is 0 Å². The minimum atomic E-state index is -0.335. The van der Waals surface area contributed by atoms with E-state index >= 15 is 0 Å². The highest BCUT2D eigenvalue weighted by Gasteiger charge is 2.60. The van der Waals surface area contributed by atoms with E-state index in [2.05, 4.69) is 279 Å². The fourth-order valence-corrected chi connectivity index (χ4v) is 15.1. The maximum Gasteiger partial charge on any atom is 0.252 e. The fourth-order valence-electron chi connectivity index (χ4n) is 15.1. The standard InChI is InChI=1S/C74H72BN3/c1-47-38-67-69-68(39-47)77(63-34-31-54(71(5,6)7)43-57(63)49-24-16-13-17-25-49)66-41-52-46-72(8,9)45-51(52)40-60(66)75(69)61-44-55(78-64-29-21-20-28-59(64)73(10)37-36-50-26-18-19-27-58(50)74(73,78)11)32-35-65(61)76(67)62-33-30-53(70(2,3)4)42-56(62)48-22-14-12-15-23-48/h12-35,38-44H,36-37,45-46H2,1-11H3. The van der Waals surface area contributed by atoms with Gasteiger partial charge in [-0.15, -0.1) is 0 Å². The average molecular weight is 1010 g/mol. The summed E-state index contributed by atoms with van der Waals surface area (Å²) < 4.78 is 0. The zero-order valence-corrected chi connectivity index (χ0v) is 47.6. The first-order valence-electron chi connectivity index (χ1n) is 28.7. The number of rotatable bonds is 5. The van der Waals surface area contributed by atoms with Crippen LogP contribution in [0.1, 0.15) is 120 Å². The van der Waals surface area contributed by atoms with Gasteiger partial charge in [-0.2, -0.15) is 0 Å². The molecule has 386 valence electrons. The molecule has 9 aromatic carbocycles. The Morgan fingerprint density at radius 2 is 0.949 bits per heavy atom. The lowest BCUT2D eigenvalue weighted by molar-refractivity contribution is 0.245. The van der Waals surface area contributed by atoms with Crippen LogP contribution < -0.4 is 31.1 Å². The molecule has 4 heteroatoms. The quantitative estimate of drug-likeness (QED) is 0.159. The number of aryl methyl sites for hydroxylation is 2. The van der Waals surface area contributed by atoms with Crippen molar-refractivity contribution in [3.63, 3.8) is 0 Å². The van der Waals surface area contributed by atoms with Crippen molar-refractivity contribution in [2.45, 2.75) is 124 Å². The zero-order valence-electron chi connectivity index (χ0n) is 47.6. The zero-order chi connectivity index (χ0) is 53.8. The van der Waals surface area contributed by atoms with Gasteiger partial charge in [-0.1, -0.05) is 184 Å². The number of nitrogens with zero attached hydrogens (tertiary/aromatic N) is 3. The summed E-state index contributed by atoms with van der Waals surface area (Å²) in [6.07, 6.45) is 4.28. The second-order valence-electron chi connectivity index (χ2n) is 26.9. The first kappa shape index (κ1) is 48.8. The molecular weight excluding hydrogens is 942 g/mol. The highest BCUT2D eigenvalue weighted by molar-refractivity contribution is 7.00. The molecule has 0 saturated carbocycles. The van der Waals surface area contributed by atoms with Gasteiger partial charge in [0.2, 0.25) is 0 Å². The summed E-state index contributed by atoms with van der Waals surface area (Å²) in [5.74, 6) is 0. The van der Waals surface area contributed by atoms with Gasteiger partial charge < -0.3 is 14.7 Å². The van der Waals surface area contributed by atoms with Crippen molar-refractivity contribution in [1.29, 1.82) is 0 Å². The van der Waals surface area contributed by atoms with E-state index in [-0.39, 0.29) is 33.9 Å². The molecule has 9 aromatic rings. The van der Waals surface area contributed by atoms with Gasteiger partial charge in [0.15, 0.2) is 0 Å². The summed E-state index contributed by atoms with van der Waals surface area (Å²) in [5, 5.41) is 0. The third-order valence-electron chi connectivity index (χ3n) is 19.2. The van der Waals surface area contributed by atoms with Crippen molar-refractivity contribution >= 4 is 68.6 Å². The Morgan fingerprint density at radius 1 is 0.436 bits per heavy atom. The Hall–Kier alpha value is -7.56. The fraction of sp³-hybridized carbons (Fsp3) is 0.270. The molecule has 0 bridgehead atoms. The van der Waals surface area contributed by atoms with Crippen LogP contribution >= 0.6 is 0 Å². The average Bonchev–Trinajstić information content (AvgIpc) is 3.69. The summed E-state index contributed by atoms with van der Waals surface area (Å²) in [6, 6.07) is 73.4. The Kier molecular flexibility index (Phi) is 10.6. The van der Waals surface area contributed by atoms with E-state index in [9.17, 15) is 0 Å². The highest BCUT2D eigenvalue weighted by Crippen LogP contribution is 2.64. The van der Waals surface area contributed by atoms with Crippen molar-refractivity contribution < 1.29 is 0 Å². The van der Waals surface area contributed by atoms with E-state index in [1.165, 1.54) is 129 Å². The summed E-state index contributed by atoms with van der Waals surface area (Å²) in [5.41, 5.74) is 29.8. The number of para-hydroxylation sites is 1. The van der Waals surface area contributed by atoms with Gasteiger partial charge in [0.05, 0.1) is 16.9 Å². The lowest BCUT2D eigenvalue weighted by Gasteiger charge is -2.51. The molecule has 14 rings (SSSR count). The number of hydrogen-bond donors (Lipinski definition) is 0.